The first kappa shape index (κ1) is 23.1. The zero-order valence-electron chi connectivity index (χ0n) is 19.3. The van der Waals surface area contributed by atoms with E-state index in [2.05, 4.69) is 41.0 Å². The second-order valence-corrected chi connectivity index (χ2v) is 9.19. The molecule has 3 aromatic heterocycles. The quantitative estimate of drug-likeness (QED) is 0.358. The van der Waals surface area contributed by atoms with Crippen LogP contribution in [0, 0.1) is 0 Å². The van der Waals surface area contributed by atoms with Gasteiger partial charge in [0.1, 0.15) is 0 Å². The summed E-state index contributed by atoms with van der Waals surface area (Å²) in [7, 11) is 3.42. The molecule has 10 nitrogen and oxygen atoms in total. The number of hydrogen-bond donors (Lipinski definition) is 2. The Labute approximate surface area is 208 Å². The third-order valence-electron chi connectivity index (χ3n) is 5.91. The number of ether oxygens (including phenoxy) is 1. The van der Waals surface area contributed by atoms with Gasteiger partial charge < -0.3 is 9.64 Å². The number of hydrogen-bond acceptors (Lipinski definition) is 6. The van der Waals surface area contributed by atoms with Gasteiger partial charge in [-0.2, -0.15) is 0 Å². The summed E-state index contributed by atoms with van der Waals surface area (Å²) in [5.41, 5.74) is 3.56. The predicted octanol–water partition coefficient (Wildman–Crippen LogP) is 2.79. The maximum absolute atomic E-state index is 11.9. The van der Waals surface area contributed by atoms with Crippen molar-refractivity contribution in [1.82, 2.24) is 29.5 Å². The lowest BCUT2D eigenvalue weighted by Crippen LogP contribution is -2.37. The van der Waals surface area contributed by atoms with Gasteiger partial charge in [0.15, 0.2) is 0 Å². The van der Waals surface area contributed by atoms with Crippen LogP contribution in [0.4, 0.5) is 5.95 Å². The minimum absolute atomic E-state index is 0.0116. The van der Waals surface area contributed by atoms with E-state index >= 15 is 0 Å². The first-order chi connectivity index (χ1) is 16.9. The molecule has 4 heterocycles. The minimum atomic E-state index is -0.0227. The number of fused-ring (bicyclic) bond motifs is 2. The summed E-state index contributed by atoms with van der Waals surface area (Å²) in [4.78, 5) is 34.3. The SMILES string of the molecule is Cn1[nH]c2cc(-c3cnc(N4CCOCC4)nc3)ccc2c1=O.Cn1[nH]c2cc(Br)ccc2c1=O. The van der Waals surface area contributed by atoms with Crippen molar-refractivity contribution >= 4 is 43.7 Å². The highest BCUT2D eigenvalue weighted by molar-refractivity contribution is 9.10. The minimum Gasteiger partial charge on any atom is -0.378 e. The number of anilines is 1. The fourth-order valence-corrected chi connectivity index (χ4v) is 4.38. The number of H-pyrrole nitrogens is 2. The first-order valence-electron chi connectivity index (χ1n) is 11.1. The van der Waals surface area contributed by atoms with E-state index in [1.807, 2.05) is 42.7 Å². The van der Waals surface area contributed by atoms with Crippen LogP contribution in [0.2, 0.25) is 0 Å². The molecule has 1 saturated heterocycles. The van der Waals surface area contributed by atoms with E-state index in [0.717, 1.165) is 51.1 Å². The van der Waals surface area contributed by atoms with E-state index < -0.39 is 0 Å². The van der Waals surface area contributed by atoms with Crippen LogP contribution >= 0.6 is 15.9 Å². The molecule has 0 amide bonds. The van der Waals surface area contributed by atoms with Crippen molar-refractivity contribution in [1.29, 1.82) is 0 Å². The van der Waals surface area contributed by atoms with Crippen molar-refractivity contribution in [2.24, 2.45) is 14.1 Å². The molecule has 0 bridgehead atoms. The molecule has 0 atom stereocenters. The topological polar surface area (TPSA) is 114 Å². The third-order valence-corrected chi connectivity index (χ3v) is 6.41. The summed E-state index contributed by atoms with van der Waals surface area (Å²) < 4.78 is 9.26. The van der Waals surface area contributed by atoms with Gasteiger partial charge in [0.05, 0.1) is 35.0 Å². The normalized spacial score (nSPS) is 13.7. The summed E-state index contributed by atoms with van der Waals surface area (Å²) >= 11 is 3.33. The zero-order chi connectivity index (χ0) is 24.5. The van der Waals surface area contributed by atoms with Gasteiger partial charge in [0, 0.05) is 49.6 Å². The molecule has 35 heavy (non-hydrogen) atoms. The molecular formula is C24H24BrN7O3. The van der Waals surface area contributed by atoms with Gasteiger partial charge in [-0.25, -0.2) is 9.97 Å². The molecule has 0 spiro atoms. The van der Waals surface area contributed by atoms with E-state index in [9.17, 15) is 9.59 Å². The van der Waals surface area contributed by atoms with Crippen LogP contribution in [-0.4, -0.2) is 55.8 Å². The second-order valence-electron chi connectivity index (χ2n) is 8.27. The van der Waals surface area contributed by atoms with Crippen molar-refractivity contribution in [3.05, 3.63) is 74.0 Å². The van der Waals surface area contributed by atoms with Gasteiger partial charge in [0.2, 0.25) is 5.95 Å². The van der Waals surface area contributed by atoms with Gasteiger partial charge in [-0.3, -0.25) is 29.2 Å². The fourth-order valence-electron chi connectivity index (χ4n) is 4.02. The van der Waals surface area contributed by atoms with E-state index in [4.69, 9.17) is 4.74 Å². The number of halogens is 1. The molecule has 1 aliphatic rings. The number of morpholine rings is 1. The standard InChI is InChI=1S/C16H17N5O2.C8H7BrN2O/c1-20-15(22)13-3-2-11(8-14(13)19-20)12-9-17-16(18-10-12)21-4-6-23-7-5-21;1-11-8(12)6-3-2-5(9)4-7(6)10-11/h2-3,8-10,19H,4-7H2,1H3;2-4,10H,1H3. The summed E-state index contributed by atoms with van der Waals surface area (Å²) in [5.74, 6) is 0.728. The van der Waals surface area contributed by atoms with E-state index in [0.29, 0.717) is 18.6 Å². The van der Waals surface area contributed by atoms with Crippen molar-refractivity contribution in [3.8, 4) is 11.1 Å². The number of aryl methyl sites for hydroxylation is 2. The highest BCUT2D eigenvalue weighted by atomic mass is 79.9. The van der Waals surface area contributed by atoms with Crippen LogP contribution in [0.15, 0.2) is 62.9 Å². The molecule has 2 N–H and O–H groups in total. The Morgan fingerprint density at radius 2 is 1.40 bits per heavy atom. The Bertz CT molecular complexity index is 1610. The molecular weight excluding hydrogens is 514 g/mol. The van der Waals surface area contributed by atoms with E-state index in [1.54, 1.807) is 20.2 Å². The Morgan fingerprint density at radius 1 is 0.829 bits per heavy atom. The number of benzene rings is 2. The van der Waals surface area contributed by atoms with Crippen molar-refractivity contribution in [2.45, 2.75) is 0 Å². The molecule has 1 aliphatic heterocycles. The molecule has 5 aromatic rings. The highest BCUT2D eigenvalue weighted by Crippen LogP contribution is 2.22. The van der Waals surface area contributed by atoms with Crippen LogP contribution in [0.25, 0.3) is 32.9 Å². The lowest BCUT2D eigenvalue weighted by atomic mass is 10.1. The van der Waals surface area contributed by atoms with Gasteiger partial charge in [-0.1, -0.05) is 22.0 Å². The van der Waals surface area contributed by atoms with Gasteiger partial charge >= 0.3 is 0 Å². The second kappa shape index (κ2) is 9.51. The Balaban J connectivity index is 0.000000178. The molecule has 0 aliphatic carbocycles. The number of rotatable bonds is 2. The van der Waals surface area contributed by atoms with Gasteiger partial charge in [0.25, 0.3) is 11.1 Å². The number of aromatic amines is 2. The largest absolute Gasteiger partial charge is 0.378 e. The number of nitrogens with zero attached hydrogens (tertiary/aromatic N) is 5. The Morgan fingerprint density at radius 3 is 2.03 bits per heavy atom. The van der Waals surface area contributed by atoms with Crippen LogP contribution in [0.1, 0.15) is 0 Å². The molecule has 6 rings (SSSR count). The lowest BCUT2D eigenvalue weighted by Gasteiger charge is -2.26. The van der Waals surface area contributed by atoms with Gasteiger partial charge in [-0.15, -0.1) is 0 Å². The molecule has 0 radical (unpaired) electrons. The Hall–Kier alpha value is -3.70. The molecule has 1 fully saturated rings. The number of aromatic nitrogens is 6. The van der Waals surface area contributed by atoms with Crippen molar-refractivity contribution in [2.75, 3.05) is 31.2 Å². The van der Waals surface area contributed by atoms with E-state index in [1.165, 1.54) is 9.36 Å². The lowest BCUT2D eigenvalue weighted by molar-refractivity contribution is 0.122. The third kappa shape index (κ3) is 4.64. The summed E-state index contributed by atoms with van der Waals surface area (Å²) in [6.07, 6.45) is 3.64. The summed E-state index contributed by atoms with van der Waals surface area (Å²) in [5, 5.41) is 7.39. The van der Waals surface area contributed by atoms with Crippen molar-refractivity contribution < 1.29 is 4.74 Å². The highest BCUT2D eigenvalue weighted by Gasteiger charge is 2.14. The molecule has 2 aromatic carbocycles. The fraction of sp³-hybridized carbons (Fsp3) is 0.250. The maximum Gasteiger partial charge on any atom is 0.274 e. The Kier molecular flexibility index (Phi) is 6.27. The first-order valence-corrected chi connectivity index (χ1v) is 11.9. The van der Waals surface area contributed by atoms with Crippen LogP contribution in [0.5, 0.6) is 0 Å². The molecule has 11 heteroatoms. The monoisotopic (exact) mass is 537 g/mol. The van der Waals surface area contributed by atoms with Crippen LogP contribution < -0.4 is 16.0 Å². The average Bonchev–Trinajstić information content (AvgIpc) is 3.33. The summed E-state index contributed by atoms with van der Waals surface area (Å²) in [6, 6.07) is 11.3. The smallest absolute Gasteiger partial charge is 0.274 e. The van der Waals surface area contributed by atoms with Gasteiger partial charge in [-0.05, 0) is 35.9 Å². The summed E-state index contributed by atoms with van der Waals surface area (Å²) in [6.45, 7) is 3.05. The van der Waals surface area contributed by atoms with Crippen molar-refractivity contribution in [3.63, 3.8) is 0 Å². The molecule has 0 saturated carbocycles. The molecule has 0 unspecified atom stereocenters. The molecule has 180 valence electrons. The maximum atomic E-state index is 11.9. The average molecular weight is 538 g/mol. The van der Waals surface area contributed by atoms with Crippen LogP contribution in [-0.2, 0) is 18.8 Å². The predicted molar refractivity (Wildman–Crippen MR) is 139 cm³/mol. The van der Waals surface area contributed by atoms with E-state index in [-0.39, 0.29) is 11.1 Å². The number of nitrogens with one attached hydrogen (secondary N) is 2. The van der Waals surface area contributed by atoms with Crippen LogP contribution in [0.3, 0.4) is 0 Å². The zero-order valence-corrected chi connectivity index (χ0v) is 20.9.